The number of nitrogens with zero attached hydrogens (tertiary/aromatic N) is 2. The molecule has 1 aliphatic heterocycles. The number of aromatic nitrogens is 1. The smallest absolute Gasteiger partial charge is 0.301 e. The molecule has 2 aromatic carbocycles. The van der Waals surface area contributed by atoms with Crippen LogP contribution in [0.25, 0.3) is 5.76 Å². The number of ketones is 1. The Kier molecular flexibility index (Phi) is 6.11. The molecule has 170 valence electrons. The fourth-order valence-electron chi connectivity index (χ4n) is 3.74. The standard InChI is InChI=1S/C24H21ClN2O6/c1-4-32-17-10-7-15(12-18(17)31-3)21-20(22(28)14-5-8-16(25)9-6-14)23(29)24(30)27(21)19-11-13(2)33-26-19/h5-12,21,28H,4H2,1-3H3/t21-/m1/s1. The summed E-state index contributed by atoms with van der Waals surface area (Å²) in [4.78, 5) is 27.4. The monoisotopic (exact) mass is 468 g/mol. The lowest BCUT2D eigenvalue weighted by molar-refractivity contribution is -0.132. The van der Waals surface area contributed by atoms with E-state index in [1.807, 2.05) is 6.92 Å². The normalized spacial score (nSPS) is 17.5. The number of hydrogen-bond acceptors (Lipinski definition) is 7. The minimum absolute atomic E-state index is 0.0887. The molecule has 2 heterocycles. The summed E-state index contributed by atoms with van der Waals surface area (Å²) in [5.41, 5.74) is 0.775. The van der Waals surface area contributed by atoms with Crippen molar-refractivity contribution in [2.75, 3.05) is 18.6 Å². The van der Waals surface area contributed by atoms with Crippen molar-refractivity contribution < 1.29 is 28.7 Å². The van der Waals surface area contributed by atoms with E-state index < -0.39 is 17.7 Å². The van der Waals surface area contributed by atoms with Gasteiger partial charge in [0, 0.05) is 16.7 Å². The molecule has 0 saturated carbocycles. The van der Waals surface area contributed by atoms with E-state index in [2.05, 4.69) is 5.16 Å². The minimum Gasteiger partial charge on any atom is -0.507 e. The zero-order valence-corrected chi connectivity index (χ0v) is 18.9. The molecule has 0 bridgehead atoms. The van der Waals surface area contributed by atoms with Gasteiger partial charge in [0.2, 0.25) is 0 Å². The summed E-state index contributed by atoms with van der Waals surface area (Å²) in [5, 5.41) is 15.5. The van der Waals surface area contributed by atoms with Crippen LogP contribution < -0.4 is 14.4 Å². The molecule has 1 saturated heterocycles. The topological polar surface area (TPSA) is 102 Å². The number of amides is 1. The molecule has 1 atom stereocenters. The number of ether oxygens (including phenoxy) is 2. The third-order valence-corrected chi connectivity index (χ3v) is 5.48. The number of Topliss-reactive ketones (excluding diaryl/α,β-unsaturated/α-hetero) is 1. The molecule has 1 amide bonds. The Morgan fingerprint density at radius 2 is 1.88 bits per heavy atom. The zero-order chi connectivity index (χ0) is 23.7. The number of aliphatic hydroxyl groups excluding tert-OH is 1. The van der Waals surface area contributed by atoms with E-state index in [-0.39, 0.29) is 17.2 Å². The second kappa shape index (κ2) is 8.99. The lowest BCUT2D eigenvalue weighted by Crippen LogP contribution is -2.29. The predicted octanol–water partition coefficient (Wildman–Crippen LogP) is 4.67. The van der Waals surface area contributed by atoms with E-state index in [0.29, 0.717) is 40.0 Å². The van der Waals surface area contributed by atoms with E-state index in [1.165, 1.54) is 12.0 Å². The van der Waals surface area contributed by atoms with Crippen molar-refractivity contribution in [3.8, 4) is 11.5 Å². The number of anilines is 1. The van der Waals surface area contributed by atoms with Crippen LogP contribution in [-0.2, 0) is 9.59 Å². The molecule has 4 rings (SSSR count). The van der Waals surface area contributed by atoms with Gasteiger partial charge in [-0.3, -0.25) is 14.5 Å². The maximum absolute atomic E-state index is 13.1. The van der Waals surface area contributed by atoms with Gasteiger partial charge in [0.05, 0.1) is 25.3 Å². The van der Waals surface area contributed by atoms with E-state index in [1.54, 1.807) is 55.5 Å². The van der Waals surface area contributed by atoms with Crippen LogP contribution >= 0.6 is 11.6 Å². The Hall–Kier alpha value is -3.78. The molecule has 3 aromatic rings. The summed E-state index contributed by atoms with van der Waals surface area (Å²) in [6.45, 7) is 3.96. The number of carbonyl (C=O) groups excluding carboxylic acids is 2. The van der Waals surface area contributed by atoms with Crippen molar-refractivity contribution in [3.63, 3.8) is 0 Å². The van der Waals surface area contributed by atoms with Gasteiger partial charge in [-0.2, -0.15) is 0 Å². The van der Waals surface area contributed by atoms with Gasteiger partial charge in [-0.05, 0) is 55.8 Å². The summed E-state index contributed by atoms with van der Waals surface area (Å²) in [6, 6.07) is 11.9. The summed E-state index contributed by atoms with van der Waals surface area (Å²) in [6.07, 6.45) is 0. The van der Waals surface area contributed by atoms with E-state index >= 15 is 0 Å². The molecular weight excluding hydrogens is 448 g/mol. The van der Waals surface area contributed by atoms with E-state index in [4.69, 9.17) is 25.6 Å². The van der Waals surface area contributed by atoms with Crippen LogP contribution in [0.1, 0.15) is 29.9 Å². The lowest BCUT2D eigenvalue weighted by atomic mass is 9.95. The predicted molar refractivity (Wildman–Crippen MR) is 122 cm³/mol. The highest BCUT2D eigenvalue weighted by Gasteiger charge is 2.48. The fourth-order valence-corrected chi connectivity index (χ4v) is 3.87. The van der Waals surface area contributed by atoms with Crippen molar-refractivity contribution >= 4 is 34.9 Å². The molecule has 0 radical (unpaired) electrons. The number of hydrogen-bond donors (Lipinski definition) is 1. The molecular formula is C24H21ClN2O6. The third-order valence-electron chi connectivity index (χ3n) is 5.23. The van der Waals surface area contributed by atoms with Crippen LogP contribution in [0.3, 0.4) is 0 Å². The number of rotatable bonds is 6. The Morgan fingerprint density at radius 1 is 1.15 bits per heavy atom. The van der Waals surface area contributed by atoms with Gasteiger partial charge >= 0.3 is 5.91 Å². The summed E-state index contributed by atoms with van der Waals surface area (Å²) < 4.78 is 16.2. The Morgan fingerprint density at radius 3 is 2.48 bits per heavy atom. The zero-order valence-electron chi connectivity index (χ0n) is 18.2. The highest BCUT2D eigenvalue weighted by atomic mass is 35.5. The highest BCUT2D eigenvalue weighted by molar-refractivity contribution is 6.51. The molecule has 1 fully saturated rings. The van der Waals surface area contributed by atoms with Crippen LogP contribution in [0.4, 0.5) is 5.82 Å². The van der Waals surface area contributed by atoms with Crippen LogP contribution in [0.15, 0.2) is 58.6 Å². The minimum atomic E-state index is -0.977. The van der Waals surface area contributed by atoms with Crippen LogP contribution in [-0.4, -0.2) is 35.7 Å². The first-order valence-corrected chi connectivity index (χ1v) is 10.5. The largest absolute Gasteiger partial charge is 0.507 e. The second-order valence-corrected chi connectivity index (χ2v) is 7.75. The van der Waals surface area contributed by atoms with Gasteiger partial charge in [0.1, 0.15) is 11.5 Å². The Bertz CT molecular complexity index is 1250. The van der Waals surface area contributed by atoms with Crippen LogP contribution in [0.5, 0.6) is 11.5 Å². The molecule has 33 heavy (non-hydrogen) atoms. The summed E-state index contributed by atoms with van der Waals surface area (Å²) in [5.74, 6) is -0.461. The van der Waals surface area contributed by atoms with Gasteiger partial charge in [-0.1, -0.05) is 22.8 Å². The van der Waals surface area contributed by atoms with Gasteiger partial charge in [0.15, 0.2) is 17.3 Å². The molecule has 1 N–H and O–H groups in total. The van der Waals surface area contributed by atoms with Crippen molar-refractivity contribution in [1.29, 1.82) is 0 Å². The molecule has 9 heteroatoms. The van der Waals surface area contributed by atoms with Crippen LogP contribution in [0, 0.1) is 6.92 Å². The summed E-state index contributed by atoms with van der Waals surface area (Å²) >= 11 is 5.96. The van der Waals surface area contributed by atoms with Crippen molar-refractivity contribution in [2.24, 2.45) is 0 Å². The molecule has 1 aliphatic rings. The average Bonchev–Trinajstić information content (AvgIpc) is 3.35. The first-order chi connectivity index (χ1) is 15.8. The highest BCUT2D eigenvalue weighted by Crippen LogP contribution is 2.44. The lowest BCUT2D eigenvalue weighted by Gasteiger charge is -2.23. The summed E-state index contributed by atoms with van der Waals surface area (Å²) in [7, 11) is 1.49. The quantitative estimate of drug-likeness (QED) is 0.318. The number of aliphatic hydroxyl groups is 1. The van der Waals surface area contributed by atoms with Crippen molar-refractivity contribution in [2.45, 2.75) is 19.9 Å². The SMILES string of the molecule is CCOc1ccc([C@@H]2C(=C(O)c3ccc(Cl)cc3)C(=O)C(=O)N2c2cc(C)on2)cc1OC. The molecule has 8 nitrogen and oxygen atoms in total. The number of benzene rings is 2. The Labute approximate surface area is 195 Å². The van der Waals surface area contributed by atoms with E-state index in [0.717, 1.165) is 0 Å². The maximum Gasteiger partial charge on any atom is 0.301 e. The molecule has 0 spiro atoms. The maximum atomic E-state index is 13.1. The molecule has 1 aromatic heterocycles. The number of carbonyl (C=O) groups is 2. The van der Waals surface area contributed by atoms with E-state index in [9.17, 15) is 14.7 Å². The van der Waals surface area contributed by atoms with Gasteiger partial charge in [-0.15, -0.1) is 0 Å². The molecule has 0 unspecified atom stereocenters. The van der Waals surface area contributed by atoms with Crippen LogP contribution in [0.2, 0.25) is 5.02 Å². The van der Waals surface area contributed by atoms with Gasteiger partial charge in [-0.25, -0.2) is 0 Å². The molecule has 0 aliphatic carbocycles. The second-order valence-electron chi connectivity index (χ2n) is 7.32. The average molecular weight is 469 g/mol. The first kappa shape index (κ1) is 22.4. The fraction of sp³-hybridized carbons (Fsp3) is 0.208. The first-order valence-electron chi connectivity index (χ1n) is 10.2. The number of halogens is 1. The third kappa shape index (κ3) is 4.05. The number of aryl methyl sites for hydroxylation is 1. The van der Waals surface area contributed by atoms with Gasteiger partial charge < -0.3 is 19.1 Å². The number of methoxy groups -OCH3 is 1. The van der Waals surface area contributed by atoms with Crippen molar-refractivity contribution in [1.82, 2.24) is 5.16 Å². The van der Waals surface area contributed by atoms with Crippen molar-refractivity contribution in [3.05, 3.63) is 76.0 Å². The van der Waals surface area contributed by atoms with Gasteiger partial charge in [0.25, 0.3) is 5.78 Å². The Balaban J connectivity index is 1.93.